The second-order valence-corrected chi connectivity index (χ2v) is 12.1. The van der Waals surface area contributed by atoms with E-state index in [-0.39, 0.29) is 41.6 Å². The molecule has 0 radical (unpaired) electrons. The molecule has 22 heteroatoms. The van der Waals surface area contributed by atoms with E-state index in [1.165, 1.54) is 13.8 Å². The standard InChI is InChI=1S/C20H23F3N6O3.C12H15BF3N3O3/c1-13(30)25-17-10-15(20(21,22)23)14(12-24-17)16-11-18(28-2-6-31-7-3-28)27-19(26-16)29-4-8-32-9-5-29;1-8(20)19-11-6-9(12(14,15)16)10(7-18-11)13-21-4-2-17-3-5-22-13/h10-12H,2-9H2,1H3,(H,24,25,30);6-7,17H,2-5H2,1H3,(H,18,19,20). The first-order valence-electron chi connectivity index (χ1n) is 16.9. The van der Waals surface area contributed by atoms with Crippen molar-refractivity contribution in [3.8, 4) is 11.3 Å². The van der Waals surface area contributed by atoms with E-state index in [0.717, 1.165) is 24.5 Å². The number of morpholine rings is 2. The fraction of sp³-hybridized carbons (Fsp3) is 0.500. The Labute approximate surface area is 306 Å². The molecule has 0 unspecified atom stereocenters. The van der Waals surface area contributed by atoms with Crippen molar-refractivity contribution < 1.29 is 54.7 Å². The Hall–Kier alpha value is -4.64. The van der Waals surface area contributed by atoms with Gasteiger partial charge in [0.15, 0.2) is 0 Å². The van der Waals surface area contributed by atoms with Gasteiger partial charge in [-0.15, -0.1) is 0 Å². The molecule has 0 spiro atoms. The van der Waals surface area contributed by atoms with Crippen LogP contribution < -0.4 is 31.2 Å². The number of alkyl halides is 6. The molecule has 0 aliphatic carbocycles. The summed E-state index contributed by atoms with van der Waals surface area (Å²) in [5.41, 5.74) is -2.15. The van der Waals surface area contributed by atoms with Crippen molar-refractivity contribution in [2.45, 2.75) is 26.2 Å². The number of hydrogen-bond acceptors (Lipinski definition) is 13. The Kier molecular flexibility index (Phi) is 13.6. The lowest BCUT2D eigenvalue weighted by Gasteiger charge is -2.31. The summed E-state index contributed by atoms with van der Waals surface area (Å²) in [7, 11) is -1.14. The van der Waals surface area contributed by atoms with E-state index in [9.17, 15) is 35.9 Å². The molecule has 292 valence electrons. The minimum Gasteiger partial charge on any atom is -0.406 e. The molecule has 6 heterocycles. The van der Waals surface area contributed by atoms with Gasteiger partial charge in [0, 0.05) is 95.8 Å². The molecule has 0 aromatic carbocycles. The molecular formula is C32H38BF6N9O6. The van der Waals surface area contributed by atoms with Crippen LogP contribution >= 0.6 is 0 Å². The lowest BCUT2D eigenvalue weighted by molar-refractivity contribution is -0.137. The van der Waals surface area contributed by atoms with Gasteiger partial charge in [0.05, 0.1) is 43.2 Å². The quantitative estimate of drug-likeness (QED) is 0.248. The Bertz CT molecular complexity index is 1720. The number of aromatic nitrogens is 4. The number of carbonyl (C=O) groups is 2. The van der Waals surface area contributed by atoms with E-state index in [2.05, 4.69) is 35.9 Å². The molecule has 3 aliphatic rings. The molecule has 3 aliphatic heterocycles. The first kappa shape index (κ1) is 40.5. The molecule has 3 N–H and O–H groups in total. The fourth-order valence-electron chi connectivity index (χ4n) is 5.54. The van der Waals surface area contributed by atoms with Gasteiger partial charge in [-0.2, -0.15) is 31.3 Å². The van der Waals surface area contributed by atoms with E-state index in [1.54, 1.807) is 6.07 Å². The molecule has 3 aromatic rings. The largest absolute Gasteiger partial charge is 0.496 e. The van der Waals surface area contributed by atoms with Crippen LogP contribution in [0.1, 0.15) is 25.0 Å². The van der Waals surface area contributed by atoms with Crippen LogP contribution in [0, 0.1) is 0 Å². The van der Waals surface area contributed by atoms with Gasteiger partial charge in [-0.25, -0.2) is 15.0 Å². The molecule has 6 rings (SSSR count). The molecule has 15 nitrogen and oxygen atoms in total. The number of pyridine rings is 2. The van der Waals surface area contributed by atoms with Gasteiger partial charge in [0.1, 0.15) is 17.5 Å². The van der Waals surface area contributed by atoms with Crippen LogP contribution in [0.3, 0.4) is 0 Å². The van der Waals surface area contributed by atoms with Gasteiger partial charge in [-0.05, 0) is 12.1 Å². The molecule has 3 aromatic heterocycles. The minimum atomic E-state index is -4.67. The maximum atomic E-state index is 13.9. The third-order valence-electron chi connectivity index (χ3n) is 8.01. The molecular weight excluding hydrogens is 731 g/mol. The van der Waals surface area contributed by atoms with Crippen molar-refractivity contribution in [2.24, 2.45) is 0 Å². The Morgan fingerprint density at radius 1 is 0.722 bits per heavy atom. The lowest BCUT2D eigenvalue weighted by atomic mass is 9.76. The van der Waals surface area contributed by atoms with Crippen LogP contribution in [-0.2, 0) is 40.7 Å². The van der Waals surface area contributed by atoms with Crippen LogP contribution in [0.4, 0.5) is 49.7 Å². The number of hydrogen-bond donors (Lipinski definition) is 3. The summed E-state index contributed by atoms with van der Waals surface area (Å²) in [5.74, 6) is -0.492. The number of nitrogens with one attached hydrogen (secondary N) is 3. The predicted molar refractivity (Wildman–Crippen MR) is 184 cm³/mol. The number of halogens is 6. The topological polar surface area (TPSA) is 165 Å². The van der Waals surface area contributed by atoms with Crippen molar-refractivity contribution in [1.82, 2.24) is 25.3 Å². The number of rotatable bonds is 6. The van der Waals surface area contributed by atoms with E-state index >= 15 is 0 Å². The second-order valence-electron chi connectivity index (χ2n) is 12.1. The molecule has 3 fully saturated rings. The number of anilines is 4. The fourth-order valence-corrected chi connectivity index (χ4v) is 5.54. The number of nitrogens with zero attached hydrogens (tertiary/aromatic N) is 6. The summed E-state index contributed by atoms with van der Waals surface area (Å²) in [4.78, 5) is 43.0. The highest BCUT2D eigenvalue weighted by Gasteiger charge is 2.39. The van der Waals surface area contributed by atoms with Crippen LogP contribution in [0.2, 0.25) is 0 Å². The summed E-state index contributed by atoms with van der Waals surface area (Å²) in [6.07, 6.45) is -7.18. The van der Waals surface area contributed by atoms with E-state index in [4.69, 9.17) is 18.8 Å². The summed E-state index contributed by atoms with van der Waals surface area (Å²) in [6, 6.07) is 3.14. The minimum absolute atomic E-state index is 0.109. The highest BCUT2D eigenvalue weighted by molar-refractivity contribution is 6.61. The Balaban J connectivity index is 0.000000223. The summed E-state index contributed by atoms with van der Waals surface area (Å²) < 4.78 is 103. The first-order valence-corrected chi connectivity index (χ1v) is 16.9. The summed E-state index contributed by atoms with van der Waals surface area (Å²) in [5, 5.41) is 7.52. The molecule has 0 atom stereocenters. The highest BCUT2D eigenvalue weighted by Crippen LogP contribution is 2.38. The van der Waals surface area contributed by atoms with Crippen molar-refractivity contribution in [2.75, 3.05) is 99.3 Å². The van der Waals surface area contributed by atoms with E-state index < -0.39 is 42.4 Å². The SMILES string of the molecule is CC(=O)Nc1cc(C(F)(F)F)c(-c2cc(N3CCOCC3)nc(N3CCOCC3)n2)cn1.CC(=O)Nc1cc(C(F)(F)F)c(B2OCCNCCO2)cn1. The second kappa shape index (κ2) is 18.1. The van der Waals surface area contributed by atoms with Crippen LogP contribution in [-0.4, -0.2) is 118 Å². The van der Waals surface area contributed by atoms with Gasteiger partial charge in [0.25, 0.3) is 0 Å². The average Bonchev–Trinajstić information content (AvgIpc) is 3.11. The van der Waals surface area contributed by atoms with Crippen LogP contribution in [0.15, 0.2) is 30.6 Å². The van der Waals surface area contributed by atoms with E-state index in [1.807, 2.05) is 9.80 Å². The summed E-state index contributed by atoms with van der Waals surface area (Å²) in [6.45, 7) is 8.10. The molecule has 3 saturated heterocycles. The molecule has 2 amide bonds. The van der Waals surface area contributed by atoms with Crippen molar-refractivity contribution in [3.05, 3.63) is 41.7 Å². The number of amides is 2. The molecule has 0 bridgehead atoms. The maximum Gasteiger partial charge on any atom is 0.496 e. The third kappa shape index (κ3) is 11.2. The van der Waals surface area contributed by atoms with E-state index in [0.29, 0.717) is 77.5 Å². The van der Waals surface area contributed by atoms with Gasteiger partial charge >= 0.3 is 19.5 Å². The van der Waals surface area contributed by atoms with Crippen LogP contribution in [0.5, 0.6) is 0 Å². The maximum absolute atomic E-state index is 13.9. The molecule has 54 heavy (non-hydrogen) atoms. The zero-order chi connectivity index (χ0) is 38.9. The normalized spacial score (nSPS) is 17.1. The van der Waals surface area contributed by atoms with Gasteiger partial charge in [-0.1, -0.05) is 0 Å². The average molecular weight is 770 g/mol. The zero-order valence-corrected chi connectivity index (χ0v) is 29.3. The van der Waals surface area contributed by atoms with Gasteiger partial charge in [0.2, 0.25) is 17.8 Å². The molecule has 0 saturated carbocycles. The van der Waals surface area contributed by atoms with Crippen molar-refractivity contribution in [3.63, 3.8) is 0 Å². The number of ether oxygens (including phenoxy) is 2. The first-order chi connectivity index (χ1) is 25.7. The van der Waals surface area contributed by atoms with Crippen LogP contribution in [0.25, 0.3) is 11.3 Å². The third-order valence-corrected chi connectivity index (χ3v) is 8.01. The van der Waals surface area contributed by atoms with Crippen molar-refractivity contribution >= 4 is 47.8 Å². The smallest absolute Gasteiger partial charge is 0.406 e. The number of carbonyl (C=O) groups excluding carboxylic acids is 2. The Morgan fingerprint density at radius 2 is 1.24 bits per heavy atom. The van der Waals surface area contributed by atoms with Gasteiger partial charge < -0.3 is 44.5 Å². The lowest BCUT2D eigenvalue weighted by Crippen LogP contribution is -2.46. The highest BCUT2D eigenvalue weighted by atomic mass is 19.4. The Morgan fingerprint density at radius 3 is 1.78 bits per heavy atom. The van der Waals surface area contributed by atoms with Crippen molar-refractivity contribution in [1.29, 1.82) is 0 Å². The van der Waals surface area contributed by atoms with Gasteiger partial charge in [-0.3, -0.25) is 9.59 Å². The zero-order valence-electron chi connectivity index (χ0n) is 29.3. The monoisotopic (exact) mass is 769 g/mol. The predicted octanol–water partition coefficient (Wildman–Crippen LogP) is 2.58. The summed E-state index contributed by atoms with van der Waals surface area (Å²) >= 11 is 0.